The van der Waals surface area contributed by atoms with E-state index in [0.717, 1.165) is 12.0 Å². The molecule has 0 aromatic carbocycles. The van der Waals surface area contributed by atoms with Crippen molar-refractivity contribution in [2.75, 3.05) is 0 Å². The zero-order chi connectivity index (χ0) is 32.2. The Kier molecular flexibility index (Phi) is 7.10. The van der Waals surface area contributed by atoms with E-state index in [1.165, 1.54) is 13.8 Å². The van der Waals surface area contributed by atoms with Crippen molar-refractivity contribution < 1.29 is 44.0 Å². The molecule has 10 atom stereocenters. The molecule has 0 radical (unpaired) electrons. The third-order valence-electron chi connectivity index (χ3n) is 13.8. The molecule has 5 rings (SSSR count). The molecule has 0 amide bonds. The Morgan fingerprint density at radius 2 is 1.42 bits per heavy atom. The van der Waals surface area contributed by atoms with Crippen LogP contribution in [0.2, 0.25) is 0 Å². The highest BCUT2D eigenvalue weighted by atomic mass is 16.6. The number of carboxylic acids is 2. The molecule has 0 heterocycles. The van der Waals surface area contributed by atoms with E-state index in [4.69, 9.17) is 9.47 Å². The molecule has 43 heavy (non-hydrogen) atoms. The van der Waals surface area contributed by atoms with Crippen LogP contribution in [0.3, 0.4) is 0 Å². The minimum atomic E-state index is -1.50. The Morgan fingerprint density at radius 1 is 0.814 bits per heavy atom. The number of hydrogen-bond donors (Lipinski definition) is 3. The molecule has 0 aromatic rings. The van der Waals surface area contributed by atoms with Gasteiger partial charge in [-0.25, -0.2) is 0 Å². The Balaban J connectivity index is 1.66. The summed E-state index contributed by atoms with van der Waals surface area (Å²) in [5.41, 5.74) is -5.12. The summed E-state index contributed by atoms with van der Waals surface area (Å²) in [6.45, 7) is 14.9. The number of allylic oxidation sites excluding steroid dienone is 1. The molecule has 0 spiro atoms. The standard InChI is InChI=1S/C34H50O9/c1-19(35)42-21-17-29(5)22-9-10-24-31(7,14-16-33(27(39)40)15-13-28(3,4)18-34(24,33)41)30(22,6)12-11-23(29)32(8,26(37)38)25(21)43-20(2)36/h10,21-23,25,41H,9,11-18H2,1-8H3,(H,37,38)(H,39,40). The van der Waals surface area contributed by atoms with Gasteiger partial charge in [0.2, 0.25) is 0 Å². The van der Waals surface area contributed by atoms with Gasteiger partial charge in [0.25, 0.3) is 0 Å². The minimum Gasteiger partial charge on any atom is -0.481 e. The predicted octanol–water partition coefficient (Wildman–Crippen LogP) is 5.53. The van der Waals surface area contributed by atoms with Crippen molar-refractivity contribution >= 4 is 23.9 Å². The maximum Gasteiger partial charge on any atom is 0.313 e. The first-order valence-corrected chi connectivity index (χ1v) is 15.9. The smallest absolute Gasteiger partial charge is 0.313 e. The highest BCUT2D eigenvalue weighted by molar-refractivity contribution is 5.79. The number of carboxylic acid groups (broad SMARTS) is 2. The van der Waals surface area contributed by atoms with Gasteiger partial charge in [-0.2, -0.15) is 0 Å². The van der Waals surface area contributed by atoms with E-state index in [0.29, 0.717) is 51.4 Å². The molecule has 9 nitrogen and oxygen atoms in total. The predicted molar refractivity (Wildman–Crippen MR) is 157 cm³/mol. The fourth-order valence-electron chi connectivity index (χ4n) is 11.5. The third kappa shape index (κ3) is 4.04. The summed E-state index contributed by atoms with van der Waals surface area (Å²) in [6.07, 6.45) is 4.68. The van der Waals surface area contributed by atoms with Crippen molar-refractivity contribution in [2.45, 2.75) is 131 Å². The topological polar surface area (TPSA) is 147 Å². The van der Waals surface area contributed by atoms with Crippen LogP contribution in [0.25, 0.3) is 0 Å². The third-order valence-corrected chi connectivity index (χ3v) is 13.8. The van der Waals surface area contributed by atoms with Gasteiger partial charge in [-0.15, -0.1) is 0 Å². The van der Waals surface area contributed by atoms with Crippen LogP contribution in [0.15, 0.2) is 11.6 Å². The SMILES string of the molecule is CC(=O)OC1CC2(C)C(CCC3(C)C2CC=C2C3(C)CCC3(C(=O)O)CCC(C)(C)CC23O)C(C)(C(=O)O)C1OC(C)=O. The fourth-order valence-corrected chi connectivity index (χ4v) is 11.5. The Morgan fingerprint density at radius 3 is 1.98 bits per heavy atom. The molecular weight excluding hydrogens is 552 g/mol. The number of aliphatic carboxylic acids is 2. The average molecular weight is 603 g/mol. The number of esters is 2. The second-order valence-corrected chi connectivity index (χ2v) is 16.3. The van der Waals surface area contributed by atoms with E-state index in [1.807, 2.05) is 0 Å². The van der Waals surface area contributed by atoms with Crippen LogP contribution < -0.4 is 0 Å². The monoisotopic (exact) mass is 602 g/mol. The van der Waals surface area contributed by atoms with Crippen molar-refractivity contribution in [3.8, 4) is 0 Å². The van der Waals surface area contributed by atoms with E-state index in [-0.39, 0.29) is 17.3 Å². The first kappa shape index (κ1) is 32.0. The first-order valence-electron chi connectivity index (χ1n) is 15.9. The zero-order valence-corrected chi connectivity index (χ0v) is 27.0. The van der Waals surface area contributed by atoms with E-state index in [2.05, 4.69) is 40.7 Å². The Bertz CT molecular complexity index is 1290. The number of ether oxygens (including phenoxy) is 2. The summed E-state index contributed by atoms with van der Waals surface area (Å²) in [5.74, 6) is -3.61. The second-order valence-electron chi connectivity index (χ2n) is 16.3. The number of carbonyl (C=O) groups is 4. The lowest BCUT2D eigenvalue weighted by Gasteiger charge is -2.72. The molecule has 5 aliphatic rings. The van der Waals surface area contributed by atoms with Gasteiger partial charge in [-0.05, 0) is 104 Å². The quantitative estimate of drug-likeness (QED) is 0.279. The van der Waals surface area contributed by atoms with Gasteiger partial charge in [0.05, 0.1) is 0 Å². The lowest BCUT2D eigenvalue weighted by molar-refractivity contribution is -0.254. The van der Waals surface area contributed by atoms with Crippen molar-refractivity contribution in [1.82, 2.24) is 0 Å². The Labute approximate surface area is 254 Å². The molecule has 5 aliphatic carbocycles. The second kappa shape index (κ2) is 9.54. The van der Waals surface area contributed by atoms with Crippen molar-refractivity contribution in [3.63, 3.8) is 0 Å². The molecule has 0 aliphatic heterocycles. The Hall–Kier alpha value is -2.42. The van der Waals surface area contributed by atoms with Crippen molar-refractivity contribution in [1.29, 1.82) is 0 Å². The van der Waals surface area contributed by atoms with Crippen LogP contribution >= 0.6 is 0 Å². The van der Waals surface area contributed by atoms with Gasteiger partial charge in [-0.1, -0.05) is 40.7 Å². The summed E-state index contributed by atoms with van der Waals surface area (Å²) in [4.78, 5) is 50.6. The van der Waals surface area contributed by atoms with Crippen LogP contribution in [0.1, 0.15) is 113 Å². The molecule has 9 heteroatoms. The molecule has 0 aromatic heterocycles. The number of hydrogen-bond acceptors (Lipinski definition) is 7. The van der Waals surface area contributed by atoms with E-state index in [9.17, 15) is 34.5 Å². The first-order chi connectivity index (χ1) is 19.6. The number of aliphatic hydroxyl groups is 1. The summed E-state index contributed by atoms with van der Waals surface area (Å²) in [7, 11) is 0. The minimum absolute atomic E-state index is 0.0416. The number of carbonyl (C=O) groups excluding carboxylic acids is 2. The van der Waals surface area contributed by atoms with E-state index in [1.54, 1.807) is 6.92 Å². The number of fused-ring (bicyclic) bond motifs is 7. The lowest BCUT2D eigenvalue weighted by atomic mass is 9.32. The van der Waals surface area contributed by atoms with Crippen LogP contribution in [-0.4, -0.2) is 57.0 Å². The molecule has 3 N–H and O–H groups in total. The zero-order valence-electron chi connectivity index (χ0n) is 27.0. The molecule has 10 unspecified atom stereocenters. The molecule has 0 bridgehead atoms. The lowest BCUT2D eigenvalue weighted by Crippen LogP contribution is -2.72. The van der Waals surface area contributed by atoms with Crippen LogP contribution in [0.4, 0.5) is 0 Å². The van der Waals surface area contributed by atoms with E-state index < -0.39 is 68.8 Å². The van der Waals surface area contributed by atoms with Gasteiger partial charge in [0, 0.05) is 13.8 Å². The summed E-state index contributed by atoms with van der Waals surface area (Å²) >= 11 is 0. The number of rotatable bonds is 4. The van der Waals surface area contributed by atoms with Gasteiger partial charge in [0.1, 0.15) is 22.5 Å². The van der Waals surface area contributed by atoms with Crippen LogP contribution in [0.5, 0.6) is 0 Å². The summed E-state index contributed by atoms with van der Waals surface area (Å²) in [5, 5.41) is 34.0. The molecule has 4 saturated carbocycles. The summed E-state index contributed by atoms with van der Waals surface area (Å²) < 4.78 is 11.4. The average Bonchev–Trinajstić information content (AvgIpc) is 2.85. The maximum atomic E-state index is 13.2. The maximum absolute atomic E-state index is 13.2. The fraction of sp³-hybridized carbons (Fsp3) is 0.824. The van der Waals surface area contributed by atoms with Gasteiger partial charge in [-0.3, -0.25) is 19.2 Å². The van der Waals surface area contributed by atoms with Gasteiger partial charge >= 0.3 is 23.9 Å². The van der Waals surface area contributed by atoms with Gasteiger partial charge < -0.3 is 24.8 Å². The largest absolute Gasteiger partial charge is 0.481 e. The molecule has 240 valence electrons. The van der Waals surface area contributed by atoms with Crippen molar-refractivity contribution in [3.05, 3.63) is 11.6 Å². The van der Waals surface area contributed by atoms with Crippen molar-refractivity contribution in [2.24, 2.45) is 44.3 Å². The van der Waals surface area contributed by atoms with E-state index >= 15 is 0 Å². The molecule has 4 fully saturated rings. The van der Waals surface area contributed by atoms with Gasteiger partial charge in [0.15, 0.2) is 6.10 Å². The summed E-state index contributed by atoms with van der Waals surface area (Å²) in [6, 6.07) is 0. The highest BCUT2D eigenvalue weighted by Gasteiger charge is 2.75. The normalized spacial score (nSPS) is 48.3. The molecule has 0 saturated heterocycles. The van der Waals surface area contributed by atoms with Crippen LogP contribution in [0, 0.1) is 44.3 Å². The van der Waals surface area contributed by atoms with Crippen LogP contribution in [-0.2, 0) is 28.7 Å². The highest BCUT2D eigenvalue weighted by Crippen LogP contribution is 2.76. The molecular formula is C34H50O9.